The Hall–Kier alpha value is 0.354. The first-order valence-corrected chi connectivity index (χ1v) is 8.80. The monoisotopic (exact) mass is 205 g/mol. The summed E-state index contributed by atoms with van der Waals surface area (Å²) < 4.78 is 11.2. The fourth-order valence-electron chi connectivity index (χ4n) is 1.16. The molecule has 0 aliphatic carbocycles. The zero-order valence-corrected chi connectivity index (χ0v) is 11.4. The van der Waals surface area contributed by atoms with E-state index in [-0.39, 0.29) is 0 Å². The van der Waals surface area contributed by atoms with Crippen molar-refractivity contribution >= 4 is 19.5 Å². The Morgan fingerprint density at radius 3 is 2.08 bits per heavy atom. The Morgan fingerprint density at radius 1 is 1.25 bits per heavy atom. The van der Waals surface area contributed by atoms with Gasteiger partial charge in [-0.2, -0.15) is 0 Å². The first kappa shape index (κ1) is 12.4. The van der Waals surface area contributed by atoms with Gasteiger partial charge in [-0.05, 0) is 12.8 Å². The second-order valence-corrected chi connectivity index (χ2v) is 4.61. The maximum absolute atomic E-state index is 5.61. The minimum absolute atomic E-state index is 0.404. The van der Waals surface area contributed by atoms with Crippen LogP contribution in [0.1, 0.15) is 26.2 Å². The highest BCUT2D eigenvalue weighted by atomic mass is 28.2. The van der Waals surface area contributed by atoms with Crippen molar-refractivity contribution in [1.29, 1.82) is 0 Å². The van der Waals surface area contributed by atoms with Crippen molar-refractivity contribution < 1.29 is 8.85 Å². The molecule has 0 N–H and O–H groups in total. The molecule has 73 valence electrons. The summed E-state index contributed by atoms with van der Waals surface area (Å²) in [5.41, 5.74) is 0. The van der Waals surface area contributed by atoms with Gasteiger partial charge in [0.15, 0.2) is 19.5 Å². The van der Waals surface area contributed by atoms with Crippen molar-refractivity contribution in [3.8, 4) is 0 Å². The van der Waals surface area contributed by atoms with Crippen LogP contribution in [0.5, 0.6) is 0 Å². The smallest absolute Gasteiger partial charge is 0.162 e. The van der Waals surface area contributed by atoms with Crippen LogP contribution in [0.4, 0.5) is 0 Å². The van der Waals surface area contributed by atoms with Gasteiger partial charge in [0, 0.05) is 6.92 Å². The van der Waals surface area contributed by atoms with Crippen LogP contribution in [0.3, 0.4) is 0 Å². The van der Waals surface area contributed by atoms with Crippen molar-refractivity contribution in [1.82, 2.24) is 0 Å². The lowest BCUT2D eigenvalue weighted by Gasteiger charge is -2.30. The van der Waals surface area contributed by atoms with Gasteiger partial charge in [-0.15, -0.1) is 0 Å². The van der Waals surface area contributed by atoms with Gasteiger partial charge in [0.25, 0.3) is 0 Å². The van der Waals surface area contributed by atoms with E-state index in [0.717, 1.165) is 12.8 Å². The van der Waals surface area contributed by atoms with E-state index in [2.05, 4.69) is 26.9 Å². The molecule has 0 atom stereocenters. The van der Waals surface area contributed by atoms with Crippen LogP contribution in [0.15, 0.2) is 0 Å². The largest absolute Gasteiger partial charge is 0.398 e. The Morgan fingerprint density at radius 2 is 1.75 bits per heavy atom. The van der Waals surface area contributed by atoms with Gasteiger partial charge in [-0.1, -0.05) is 26.4 Å². The van der Waals surface area contributed by atoms with Crippen molar-refractivity contribution in [3.05, 3.63) is 6.92 Å². The lowest BCUT2D eigenvalue weighted by Crippen LogP contribution is -2.34. The molecule has 0 fully saturated rings. The third kappa shape index (κ3) is 5.08. The third-order valence-corrected chi connectivity index (χ3v) is 3.36. The van der Waals surface area contributed by atoms with E-state index in [0.29, 0.717) is 0 Å². The molecule has 0 rings (SSSR count). The SMILES string of the molecule is [CH2]C(CCCC)(O[SiH2]C)O[SiH2]C. The maximum Gasteiger partial charge on any atom is 0.162 e. The molecule has 0 aliphatic heterocycles. The van der Waals surface area contributed by atoms with E-state index in [1.165, 1.54) is 6.42 Å². The molecule has 0 aromatic rings. The molecule has 0 aliphatic rings. The molecule has 0 aromatic carbocycles. The minimum Gasteiger partial charge on any atom is -0.398 e. The van der Waals surface area contributed by atoms with Gasteiger partial charge < -0.3 is 8.85 Å². The predicted octanol–water partition coefficient (Wildman–Crippen LogP) is 1.00. The molecule has 1 radical (unpaired) electrons. The molecular weight excluding hydrogens is 184 g/mol. The van der Waals surface area contributed by atoms with E-state index in [1.54, 1.807) is 0 Å². The van der Waals surface area contributed by atoms with Crippen molar-refractivity contribution in [2.45, 2.75) is 45.1 Å². The summed E-state index contributed by atoms with van der Waals surface area (Å²) in [4.78, 5) is 0. The lowest BCUT2D eigenvalue weighted by atomic mass is 10.1. The van der Waals surface area contributed by atoms with E-state index >= 15 is 0 Å². The van der Waals surface area contributed by atoms with E-state index in [9.17, 15) is 0 Å². The van der Waals surface area contributed by atoms with Crippen molar-refractivity contribution in [2.24, 2.45) is 0 Å². The number of unbranched alkanes of at least 4 members (excludes halogenated alkanes) is 1. The second kappa shape index (κ2) is 6.83. The van der Waals surface area contributed by atoms with Gasteiger partial charge in [-0.25, -0.2) is 0 Å². The quantitative estimate of drug-likeness (QED) is 0.456. The van der Waals surface area contributed by atoms with Gasteiger partial charge in [0.2, 0.25) is 0 Å². The summed E-state index contributed by atoms with van der Waals surface area (Å²) in [6.45, 7) is 10.4. The molecule has 4 heteroatoms. The highest BCUT2D eigenvalue weighted by Gasteiger charge is 2.22. The highest BCUT2D eigenvalue weighted by Crippen LogP contribution is 2.18. The molecule has 0 saturated heterocycles. The summed E-state index contributed by atoms with van der Waals surface area (Å²) in [7, 11) is -0.807. The molecular formula is C8H21O2Si2. The van der Waals surface area contributed by atoms with Gasteiger partial charge in [0.1, 0.15) is 5.79 Å². The minimum atomic E-state index is -0.474. The summed E-state index contributed by atoms with van der Waals surface area (Å²) >= 11 is 0. The molecule has 0 spiro atoms. The van der Waals surface area contributed by atoms with Crippen LogP contribution < -0.4 is 0 Å². The zero-order chi connectivity index (χ0) is 9.45. The summed E-state index contributed by atoms with van der Waals surface area (Å²) in [6, 6.07) is 0. The van der Waals surface area contributed by atoms with E-state index in [4.69, 9.17) is 8.85 Å². The zero-order valence-electron chi connectivity index (χ0n) is 8.56. The highest BCUT2D eigenvalue weighted by molar-refractivity contribution is 6.26. The van der Waals surface area contributed by atoms with Crippen molar-refractivity contribution in [2.75, 3.05) is 0 Å². The molecule has 0 bridgehead atoms. The second-order valence-electron chi connectivity index (χ2n) is 2.88. The molecule has 2 nitrogen and oxygen atoms in total. The van der Waals surface area contributed by atoms with Crippen LogP contribution in [0.25, 0.3) is 0 Å². The number of rotatable bonds is 7. The molecule has 0 saturated carbocycles. The Balaban J connectivity index is 3.80. The lowest BCUT2D eigenvalue weighted by molar-refractivity contribution is -0.0783. The molecule has 12 heavy (non-hydrogen) atoms. The summed E-state index contributed by atoms with van der Waals surface area (Å²) in [5, 5.41) is 0. The number of hydrogen-bond donors (Lipinski definition) is 0. The number of hydrogen-bond acceptors (Lipinski definition) is 2. The molecule has 0 heterocycles. The van der Waals surface area contributed by atoms with E-state index < -0.39 is 25.3 Å². The third-order valence-electron chi connectivity index (χ3n) is 1.73. The molecule has 0 aromatic heterocycles. The van der Waals surface area contributed by atoms with Crippen LogP contribution in [-0.2, 0) is 8.85 Å². The maximum atomic E-state index is 5.61. The van der Waals surface area contributed by atoms with Gasteiger partial charge >= 0.3 is 0 Å². The standard InChI is InChI=1S/C8H21O2Si2/c1-5-6-7-8(2,9-11-3)10-12-4/h2,5-7,11-12H2,1,3-4H3. The first-order chi connectivity index (χ1) is 5.68. The first-order valence-electron chi connectivity index (χ1n) is 4.81. The van der Waals surface area contributed by atoms with Crippen LogP contribution in [0, 0.1) is 6.92 Å². The van der Waals surface area contributed by atoms with Gasteiger partial charge in [-0.3, -0.25) is 0 Å². The average Bonchev–Trinajstić information content (AvgIpc) is 2.02. The Bertz CT molecular complexity index is 103. The van der Waals surface area contributed by atoms with Crippen LogP contribution in [-0.4, -0.2) is 25.3 Å². The fraction of sp³-hybridized carbons (Fsp3) is 0.875. The van der Waals surface area contributed by atoms with E-state index in [1.807, 2.05) is 0 Å². The van der Waals surface area contributed by atoms with Crippen molar-refractivity contribution in [3.63, 3.8) is 0 Å². The average molecular weight is 205 g/mol. The fourth-order valence-corrected chi connectivity index (χ4v) is 2.83. The predicted molar refractivity (Wildman–Crippen MR) is 58.6 cm³/mol. The summed E-state index contributed by atoms with van der Waals surface area (Å²) in [5.74, 6) is -0.474. The van der Waals surface area contributed by atoms with Gasteiger partial charge in [0.05, 0.1) is 0 Å². The Kier molecular flexibility index (Phi) is 7.03. The molecule has 0 unspecified atom stereocenters. The summed E-state index contributed by atoms with van der Waals surface area (Å²) in [6.07, 6.45) is 3.28. The van der Waals surface area contributed by atoms with Crippen LogP contribution in [0.2, 0.25) is 13.1 Å². The normalized spacial score (nSPS) is 18.0. The Labute approximate surface area is 80.9 Å². The van der Waals surface area contributed by atoms with Crippen LogP contribution >= 0.6 is 0 Å². The topological polar surface area (TPSA) is 18.5 Å². The molecule has 0 amide bonds.